The number of nitrogens with one attached hydrogen (secondary N) is 2. The molecule has 0 radical (unpaired) electrons. The Kier molecular flexibility index (Phi) is 14.6. The summed E-state index contributed by atoms with van der Waals surface area (Å²) in [4.78, 5) is 60.1. The number of hydrogen-bond donors (Lipinski definition) is 3. The Balaban J connectivity index is 2.25. The van der Waals surface area contributed by atoms with Gasteiger partial charge in [0.2, 0.25) is 23.6 Å². The normalized spacial score (nSPS) is 22.0. The second-order valence-corrected chi connectivity index (χ2v) is 15.4. The molecule has 10 nitrogen and oxygen atoms in total. The molecule has 2 fully saturated rings. The first-order valence-electron chi connectivity index (χ1n) is 17.1. The number of rotatable bonds is 13. The van der Waals surface area contributed by atoms with Crippen LogP contribution in [-0.4, -0.2) is 106 Å². The van der Waals surface area contributed by atoms with Crippen LogP contribution in [0.5, 0.6) is 0 Å². The highest BCUT2D eigenvalue weighted by molar-refractivity contribution is 5.97. The molecule has 45 heavy (non-hydrogen) atoms. The molecule has 2 saturated heterocycles. The highest BCUT2D eigenvalue weighted by Gasteiger charge is 2.40. The Labute approximate surface area is 272 Å². The van der Waals surface area contributed by atoms with Gasteiger partial charge in [-0.15, -0.1) is 0 Å². The summed E-state index contributed by atoms with van der Waals surface area (Å²) < 4.78 is 0. The Hall–Kier alpha value is -2.46. The molecule has 0 aromatic heterocycles. The summed E-state index contributed by atoms with van der Waals surface area (Å²) in [6.07, 6.45) is 6.61. The van der Waals surface area contributed by atoms with E-state index in [4.69, 9.17) is 0 Å². The van der Waals surface area contributed by atoms with Crippen LogP contribution in [0, 0.1) is 17.3 Å². The highest BCUT2D eigenvalue weighted by Crippen LogP contribution is 2.27. The molecule has 0 aliphatic carbocycles. The van der Waals surface area contributed by atoms with E-state index in [1.54, 1.807) is 23.8 Å². The van der Waals surface area contributed by atoms with Gasteiger partial charge >= 0.3 is 0 Å². The summed E-state index contributed by atoms with van der Waals surface area (Å²) >= 11 is 0. The van der Waals surface area contributed by atoms with Crippen LogP contribution < -0.4 is 10.6 Å². The van der Waals surface area contributed by atoms with E-state index in [1.807, 2.05) is 54.5 Å². The first-order chi connectivity index (χ1) is 20.9. The fraction of sp³-hybridized carbons (Fsp3) is 0.829. The largest absolute Gasteiger partial charge is 0.394 e. The molecule has 4 amide bonds. The van der Waals surface area contributed by atoms with Crippen LogP contribution in [0.1, 0.15) is 108 Å². The Morgan fingerprint density at radius 2 is 1.51 bits per heavy atom. The lowest BCUT2D eigenvalue weighted by atomic mass is 9.84. The molecule has 2 unspecified atom stereocenters. The maximum atomic E-state index is 14.1. The maximum Gasteiger partial charge on any atom is 0.249 e. The average molecular weight is 634 g/mol. The van der Waals surface area contributed by atoms with E-state index < -0.39 is 23.5 Å². The molecule has 0 aromatic rings. The molecule has 2 heterocycles. The van der Waals surface area contributed by atoms with Crippen molar-refractivity contribution in [3.63, 3.8) is 0 Å². The summed E-state index contributed by atoms with van der Waals surface area (Å²) in [7, 11) is 1.74. The van der Waals surface area contributed by atoms with Gasteiger partial charge in [0, 0.05) is 25.2 Å². The van der Waals surface area contributed by atoms with Crippen LogP contribution in [0.4, 0.5) is 0 Å². The van der Waals surface area contributed by atoms with E-state index in [2.05, 4.69) is 29.4 Å². The zero-order chi connectivity index (χ0) is 34.2. The predicted octanol–water partition coefficient (Wildman–Crippen LogP) is 3.72. The van der Waals surface area contributed by atoms with Crippen LogP contribution in [0.25, 0.3) is 0 Å². The van der Waals surface area contributed by atoms with Gasteiger partial charge < -0.3 is 25.5 Å². The lowest BCUT2D eigenvalue weighted by Gasteiger charge is -2.41. The number of piperidine rings is 1. The van der Waals surface area contributed by atoms with Crippen LogP contribution in [-0.2, 0) is 19.2 Å². The number of likely N-dealkylation sites (N-methyl/N-ethyl adjacent to an activating group) is 1. The number of carbonyl (C=O) groups is 4. The molecule has 0 spiro atoms. The Bertz CT molecular complexity index is 1050. The molecule has 258 valence electrons. The van der Waals surface area contributed by atoms with E-state index in [9.17, 15) is 24.3 Å². The van der Waals surface area contributed by atoms with Crippen molar-refractivity contribution >= 4 is 23.6 Å². The van der Waals surface area contributed by atoms with E-state index >= 15 is 0 Å². The predicted molar refractivity (Wildman–Crippen MR) is 179 cm³/mol. The first kappa shape index (κ1) is 38.7. The number of hydrogen-bond acceptors (Lipinski definition) is 6. The lowest BCUT2D eigenvalue weighted by molar-refractivity contribution is -0.142. The Morgan fingerprint density at radius 3 is 2.04 bits per heavy atom. The van der Waals surface area contributed by atoms with Crippen LogP contribution in [0.2, 0.25) is 0 Å². The SMILES string of the molecule is CC(=C[C@H](C(C)C)N(C)C(=O)[C@@H](NC(=O)C1CCCCN1C(C)C)C(C)(C)C)C(=O)N1CCC[C@H]1C(=O)NC(CO)CC(C)C. The number of aliphatic hydroxyl groups is 1. The van der Waals surface area contributed by atoms with Crippen LogP contribution in [0.3, 0.4) is 0 Å². The number of amides is 4. The summed E-state index contributed by atoms with van der Waals surface area (Å²) in [6, 6.07) is -2.10. The summed E-state index contributed by atoms with van der Waals surface area (Å²) in [5.41, 5.74) is -0.0629. The van der Waals surface area contributed by atoms with E-state index in [0.29, 0.717) is 30.9 Å². The molecule has 3 N–H and O–H groups in total. The van der Waals surface area contributed by atoms with E-state index in [1.165, 1.54) is 0 Å². The van der Waals surface area contributed by atoms with Crippen LogP contribution >= 0.6 is 0 Å². The molecule has 0 aromatic carbocycles. The molecule has 10 heteroatoms. The topological polar surface area (TPSA) is 122 Å². The van der Waals surface area contributed by atoms with E-state index in [-0.39, 0.29) is 54.3 Å². The minimum absolute atomic E-state index is 0.00758. The first-order valence-corrected chi connectivity index (χ1v) is 17.1. The number of likely N-dealkylation sites (tertiary alicyclic amines) is 2. The van der Waals surface area contributed by atoms with Crippen LogP contribution in [0.15, 0.2) is 11.6 Å². The molecular formula is C35H63N5O5. The van der Waals surface area contributed by atoms with E-state index in [0.717, 1.165) is 32.2 Å². The Morgan fingerprint density at radius 1 is 0.911 bits per heavy atom. The molecule has 0 bridgehead atoms. The molecule has 2 aliphatic rings. The third kappa shape index (κ3) is 10.5. The second kappa shape index (κ2) is 16.9. The van der Waals surface area contributed by atoms with Gasteiger partial charge in [-0.2, -0.15) is 0 Å². The minimum Gasteiger partial charge on any atom is -0.394 e. The third-order valence-electron chi connectivity index (χ3n) is 9.28. The molecule has 2 aliphatic heterocycles. The van der Waals surface area contributed by atoms with Crippen molar-refractivity contribution in [2.45, 2.75) is 144 Å². The summed E-state index contributed by atoms with van der Waals surface area (Å²) in [6.45, 7) is 21.1. The van der Waals surface area contributed by atoms with Gasteiger partial charge in [-0.25, -0.2) is 0 Å². The molecule has 5 atom stereocenters. The van der Waals surface area contributed by atoms with Crippen molar-refractivity contribution in [1.82, 2.24) is 25.3 Å². The van der Waals surface area contributed by atoms with Crippen molar-refractivity contribution in [1.29, 1.82) is 0 Å². The number of nitrogens with zero attached hydrogens (tertiary/aromatic N) is 3. The quantitative estimate of drug-likeness (QED) is 0.266. The zero-order valence-corrected chi connectivity index (χ0v) is 30.0. The summed E-state index contributed by atoms with van der Waals surface area (Å²) in [5, 5.41) is 15.8. The highest BCUT2D eigenvalue weighted by atomic mass is 16.3. The molecule has 0 saturated carbocycles. The molecule has 2 rings (SSSR count). The zero-order valence-electron chi connectivity index (χ0n) is 30.0. The van der Waals surface area contributed by atoms with Gasteiger partial charge in [0.15, 0.2) is 0 Å². The van der Waals surface area contributed by atoms with Crippen molar-refractivity contribution in [2.75, 3.05) is 26.7 Å². The fourth-order valence-corrected chi connectivity index (χ4v) is 6.72. The van der Waals surface area contributed by atoms with Crippen molar-refractivity contribution in [2.24, 2.45) is 17.3 Å². The number of aliphatic hydroxyl groups excluding tert-OH is 1. The number of carbonyl (C=O) groups excluding carboxylic acids is 4. The van der Waals surface area contributed by atoms with Gasteiger partial charge in [-0.1, -0.05) is 61.0 Å². The van der Waals surface area contributed by atoms with Crippen molar-refractivity contribution in [3.05, 3.63) is 11.6 Å². The monoisotopic (exact) mass is 633 g/mol. The fourth-order valence-electron chi connectivity index (χ4n) is 6.72. The average Bonchev–Trinajstić information content (AvgIpc) is 3.46. The minimum atomic E-state index is -0.742. The standard InChI is InChI=1S/C35H63N5O5/c1-22(2)19-26(21-41)36-31(42)28-16-14-18-40(28)33(44)25(7)20-29(23(3)4)38(11)34(45)30(35(8,9)10)37-32(43)27-15-12-13-17-39(27)24(5)6/h20,22-24,26-30,41H,12-19,21H2,1-11H3,(H,36,42)(H,37,43)/t26?,27?,28-,29+,30+/m0/s1. The second-order valence-electron chi connectivity index (χ2n) is 15.4. The van der Waals surface area contributed by atoms with Gasteiger partial charge in [0.05, 0.1) is 24.7 Å². The van der Waals surface area contributed by atoms with Crippen molar-refractivity contribution in [3.8, 4) is 0 Å². The molecular weight excluding hydrogens is 570 g/mol. The van der Waals surface area contributed by atoms with Gasteiger partial charge in [-0.05, 0) is 76.7 Å². The third-order valence-corrected chi connectivity index (χ3v) is 9.28. The van der Waals surface area contributed by atoms with Gasteiger partial charge in [0.25, 0.3) is 0 Å². The maximum absolute atomic E-state index is 14.1. The lowest BCUT2D eigenvalue weighted by Crippen LogP contribution is -2.60. The smallest absolute Gasteiger partial charge is 0.249 e. The van der Waals surface area contributed by atoms with Gasteiger partial charge in [0.1, 0.15) is 12.1 Å². The van der Waals surface area contributed by atoms with Crippen molar-refractivity contribution < 1.29 is 24.3 Å². The van der Waals surface area contributed by atoms with Gasteiger partial charge in [-0.3, -0.25) is 24.1 Å². The summed E-state index contributed by atoms with van der Waals surface area (Å²) in [5.74, 6) is -0.462.